The summed E-state index contributed by atoms with van der Waals surface area (Å²) in [6.07, 6.45) is 2.03. The molecule has 1 aromatic carbocycles. The minimum atomic E-state index is -0.511. The molecule has 0 aliphatic heterocycles. The normalized spacial score (nSPS) is 23.7. The third kappa shape index (κ3) is 2.53. The first-order chi connectivity index (χ1) is 8.61. The molecule has 0 amide bonds. The summed E-state index contributed by atoms with van der Waals surface area (Å²) in [7, 11) is 1.60. The second-order valence-corrected chi connectivity index (χ2v) is 4.73. The van der Waals surface area contributed by atoms with E-state index in [1.165, 1.54) is 0 Å². The van der Waals surface area contributed by atoms with E-state index < -0.39 is 6.04 Å². The Bertz CT molecular complexity index is 470. The first-order valence-electron chi connectivity index (χ1n) is 6.06. The van der Waals surface area contributed by atoms with Gasteiger partial charge in [0.2, 0.25) is 6.04 Å². The summed E-state index contributed by atoms with van der Waals surface area (Å²) in [4.78, 5) is 11.0. The van der Waals surface area contributed by atoms with Crippen LogP contribution in [0.3, 0.4) is 0 Å². The number of nitro groups is 1. The lowest BCUT2D eigenvalue weighted by Crippen LogP contribution is -2.31. The van der Waals surface area contributed by atoms with E-state index in [-0.39, 0.29) is 10.8 Å². The van der Waals surface area contributed by atoms with Crippen LogP contribution in [-0.4, -0.2) is 18.1 Å². The van der Waals surface area contributed by atoms with Gasteiger partial charge in [0.25, 0.3) is 0 Å². The molecule has 2 rings (SSSR count). The smallest absolute Gasteiger partial charge is 0.220 e. The van der Waals surface area contributed by atoms with E-state index in [0.29, 0.717) is 12.8 Å². The Hall–Kier alpha value is -1.84. The number of hydrogen-bond donors (Lipinski definition) is 0. The fourth-order valence-electron chi connectivity index (χ4n) is 2.57. The summed E-state index contributed by atoms with van der Waals surface area (Å²) in [5.74, 6) is 0.655. The van der Waals surface area contributed by atoms with E-state index in [1.54, 1.807) is 7.11 Å². The van der Waals surface area contributed by atoms with E-state index in [2.05, 4.69) is 6.58 Å². The molecule has 0 spiro atoms. The predicted molar refractivity (Wildman–Crippen MR) is 69.5 cm³/mol. The lowest BCUT2D eigenvalue weighted by molar-refractivity contribution is -0.529. The summed E-state index contributed by atoms with van der Waals surface area (Å²) >= 11 is 0. The van der Waals surface area contributed by atoms with Crippen molar-refractivity contribution < 1.29 is 9.66 Å². The molecular formula is C14H17NO3. The number of benzene rings is 1. The molecule has 0 bridgehead atoms. The second-order valence-electron chi connectivity index (χ2n) is 4.73. The van der Waals surface area contributed by atoms with Gasteiger partial charge in [0.15, 0.2) is 0 Å². The SMILES string of the molecule is C=C1CC[C@H]([N+](=O)[O-])C(c2cccc(OC)c2)C1. The molecule has 1 saturated carbocycles. The third-order valence-electron chi connectivity index (χ3n) is 3.56. The van der Waals surface area contributed by atoms with Gasteiger partial charge in [-0.3, -0.25) is 10.1 Å². The van der Waals surface area contributed by atoms with E-state index in [0.717, 1.165) is 23.3 Å². The van der Waals surface area contributed by atoms with Crippen molar-refractivity contribution in [1.82, 2.24) is 0 Å². The molecule has 1 aromatic rings. The highest BCUT2D eigenvalue weighted by molar-refractivity contribution is 5.33. The van der Waals surface area contributed by atoms with Crippen LogP contribution >= 0.6 is 0 Å². The minimum Gasteiger partial charge on any atom is -0.497 e. The summed E-state index contributed by atoms with van der Waals surface area (Å²) in [6, 6.07) is 7.04. The Kier molecular flexibility index (Phi) is 3.65. The molecule has 1 fully saturated rings. The van der Waals surface area contributed by atoms with Crippen LogP contribution in [0.15, 0.2) is 36.4 Å². The Morgan fingerprint density at radius 3 is 2.94 bits per heavy atom. The first kappa shape index (κ1) is 12.6. The molecule has 4 heteroatoms. The van der Waals surface area contributed by atoms with Crippen molar-refractivity contribution in [1.29, 1.82) is 0 Å². The van der Waals surface area contributed by atoms with E-state index in [9.17, 15) is 10.1 Å². The van der Waals surface area contributed by atoms with Gasteiger partial charge in [-0.25, -0.2) is 0 Å². The molecule has 96 valence electrons. The monoisotopic (exact) mass is 247 g/mol. The topological polar surface area (TPSA) is 52.4 Å². The van der Waals surface area contributed by atoms with Gasteiger partial charge in [0.1, 0.15) is 5.75 Å². The fraction of sp³-hybridized carbons (Fsp3) is 0.429. The van der Waals surface area contributed by atoms with Gasteiger partial charge in [-0.2, -0.15) is 0 Å². The molecule has 4 nitrogen and oxygen atoms in total. The second kappa shape index (κ2) is 5.21. The van der Waals surface area contributed by atoms with Crippen molar-refractivity contribution in [3.05, 3.63) is 52.1 Å². The average Bonchev–Trinajstić information content (AvgIpc) is 2.38. The van der Waals surface area contributed by atoms with Crippen molar-refractivity contribution in [3.8, 4) is 5.75 Å². The number of hydrogen-bond acceptors (Lipinski definition) is 3. The summed E-state index contributed by atoms with van der Waals surface area (Å²) in [5, 5.41) is 11.1. The molecular weight excluding hydrogens is 230 g/mol. The number of nitrogens with zero attached hydrogens (tertiary/aromatic N) is 1. The maximum absolute atomic E-state index is 11.1. The van der Waals surface area contributed by atoms with Gasteiger partial charge < -0.3 is 4.74 Å². The molecule has 1 aliphatic rings. The Labute approximate surface area is 106 Å². The number of rotatable bonds is 3. The Morgan fingerprint density at radius 1 is 1.50 bits per heavy atom. The van der Waals surface area contributed by atoms with E-state index >= 15 is 0 Å². The first-order valence-corrected chi connectivity index (χ1v) is 6.06. The van der Waals surface area contributed by atoms with Gasteiger partial charge in [0.05, 0.1) is 13.0 Å². The molecule has 0 radical (unpaired) electrons. The van der Waals surface area contributed by atoms with Crippen LogP contribution in [0.1, 0.15) is 30.7 Å². The van der Waals surface area contributed by atoms with E-state index in [1.807, 2.05) is 24.3 Å². The zero-order valence-corrected chi connectivity index (χ0v) is 10.5. The lowest BCUT2D eigenvalue weighted by atomic mass is 9.78. The zero-order chi connectivity index (χ0) is 13.1. The van der Waals surface area contributed by atoms with Crippen molar-refractivity contribution in [2.24, 2.45) is 0 Å². The average molecular weight is 247 g/mol. The Balaban J connectivity index is 2.31. The van der Waals surface area contributed by atoms with Crippen LogP contribution < -0.4 is 4.74 Å². The quantitative estimate of drug-likeness (QED) is 0.468. The molecule has 0 aromatic heterocycles. The van der Waals surface area contributed by atoms with Crippen LogP contribution in [-0.2, 0) is 0 Å². The third-order valence-corrected chi connectivity index (χ3v) is 3.56. The molecule has 0 saturated heterocycles. The van der Waals surface area contributed by atoms with Crippen molar-refractivity contribution >= 4 is 0 Å². The van der Waals surface area contributed by atoms with Gasteiger partial charge in [0, 0.05) is 11.3 Å². The maximum atomic E-state index is 11.1. The molecule has 0 N–H and O–H groups in total. The number of methoxy groups -OCH3 is 1. The highest BCUT2D eigenvalue weighted by Crippen LogP contribution is 2.37. The summed E-state index contributed by atoms with van der Waals surface area (Å²) in [6.45, 7) is 3.97. The summed E-state index contributed by atoms with van der Waals surface area (Å²) < 4.78 is 5.18. The number of ether oxygens (including phenoxy) is 1. The lowest BCUT2D eigenvalue weighted by Gasteiger charge is -2.27. The Morgan fingerprint density at radius 2 is 2.28 bits per heavy atom. The predicted octanol–water partition coefficient (Wildman–Crippen LogP) is 3.16. The number of allylic oxidation sites excluding steroid dienone is 1. The van der Waals surface area contributed by atoms with Crippen LogP contribution in [0, 0.1) is 10.1 Å². The molecule has 1 aliphatic carbocycles. The minimum absolute atomic E-state index is 0.0867. The van der Waals surface area contributed by atoms with Gasteiger partial charge in [-0.1, -0.05) is 24.3 Å². The summed E-state index contributed by atoms with van der Waals surface area (Å²) in [5.41, 5.74) is 2.07. The van der Waals surface area contributed by atoms with E-state index in [4.69, 9.17) is 4.74 Å². The van der Waals surface area contributed by atoms with Crippen LogP contribution in [0.2, 0.25) is 0 Å². The molecule has 0 heterocycles. The zero-order valence-electron chi connectivity index (χ0n) is 10.5. The largest absolute Gasteiger partial charge is 0.497 e. The fourth-order valence-corrected chi connectivity index (χ4v) is 2.57. The highest BCUT2D eigenvalue weighted by atomic mass is 16.6. The highest BCUT2D eigenvalue weighted by Gasteiger charge is 2.36. The van der Waals surface area contributed by atoms with Crippen LogP contribution in [0.5, 0.6) is 5.75 Å². The van der Waals surface area contributed by atoms with Crippen LogP contribution in [0.4, 0.5) is 0 Å². The van der Waals surface area contributed by atoms with Gasteiger partial charge >= 0.3 is 0 Å². The molecule has 2 atom stereocenters. The van der Waals surface area contributed by atoms with Crippen molar-refractivity contribution in [2.75, 3.05) is 7.11 Å². The van der Waals surface area contributed by atoms with Gasteiger partial charge in [-0.05, 0) is 30.5 Å². The van der Waals surface area contributed by atoms with Crippen molar-refractivity contribution in [3.63, 3.8) is 0 Å². The van der Waals surface area contributed by atoms with Gasteiger partial charge in [-0.15, -0.1) is 0 Å². The standard InChI is InChI=1S/C14H17NO3/c1-10-6-7-14(15(16)17)13(8-10)11-4-3-5-12(9-11)18-2/h3-5,9,13-14H,1,6-8H2,2H3/t13?,14-/m0/s1. The molecule has 18 heavy (non-hydrogen) atoms. The van der Waals surface area contributed by atoms with Crippen LogP contribution in [0.25, 0.3) is 0 Å². The van der Waals surface area contributed by atoms with Crippen molar-refractivity contribution in [2.45, 2.75) is 31.2 Å². The maximum Gasteiger partial charge on any atom is 0.220 e. The molecule has 1 unspecified atom stereocenters.